The van der Waals surface area contributed by atoms with Crippen molar-refractivity contribution in [2.24, 2.45) is 0 Å². The van der Waals surface area contributed by atoms with Gasteiger partial charge in [-0.05, 0) is 116 Å². The van der Waals surface area contributed by atoms with Crippen LogP contribution in [0, 0.1) is 18.8 Å². The number of aryl methyl sites for hydroxylation is 1. The van der Waals surface area contributed by atoms with E-state index in [0.29, 0.717) is 102 Å². The quantitative estimate of drug-likeness (QED) is 0.0233. The summed E-state index contributed by atoms with van der Waals surface area (Å²) in [6.07, 6.45) is -0.724. The number of anilines is 2. The number of aromatic amines is 1. The van der Waals surface area contributed by atoms with Gasteiger partial charge in [-0.1, -0.05) is 41.8 Å². The number of aromatic carboxylic acids is 1. The first-order chi connectivity index (χ1) is 39.3. The lowest BCUT2D eigenvalue weighted by Gasteiger charge is -2.37. The molecule has 2 unspecified atom stereocenters. The number of H-pyrrole nitrogens is 1. The topological polar surface area (TPSA) is 215 Å². The molecular formula is C59H63ClF3N9O9S. The van der Waals surface area contributed by atoms with Gasteiger partial charge >= 0.3 is 12.1 Å². The molecular weight excluding hydrogens is 1100 g/mol. The van der Waals surface area contributed by atoms with Gasteiger partial charge in [-0.3, -0.25) is 4.79 Å². The van der Waals surface area contributed by atoms with E-state index in [2.05, 4.69) is 48.0 Å². The van der Waals surface area contributed by atoms with Crippen LogP contribution in [-0.4, -0.2) is 153 Å². The van der Waals surface area contributed by atoms with Crippen molar-refractivity contribution in [3.8, 4) is 34.7 Å². The molecule has 0 saturated carbocycles. The van der Waals surface area contributed by atoms with Crippen molar-refractivity contribution in [3.63, 3.8) is 0 Å². The van der Waals surface area contributed by atoms with Gasteiger partial charge in [0.15, 0.2) is 9.84 Å². The van der Waals surface area contributed by atoms with Crippen LogP contribution in [0.3, 0.4) is 0 Å². The Kier molecular flexibility index (Phi) is 19.1. The number of nitrogens with one attached hydrogen (secondary N) is 5. The highest BCUT2D eigenvalue weighted by Crippen LogP contribution is 2.36. The number of carbonyl (C=O) groups excluding carboxylic acids is 1. The number of ether oxygens (including phenoxy) is 4. The van der Waals surface area contributed by atoms with Crippen LogP contribution in [0.4, 0.5) is 24.5 Å². The fraction of sp³-hybridized carbons (Fsp3) is 0.339. The number of hydrogen-bond acceptors (Lipinski definition) is 13. The monoisotopic (exact) mass is 1170 g/mol. The number of benzene rings is 5. The van der Waals surface area contributed by atoms with E-state index in [1.54, 1.807) is 55.5 Å². The molecule has 0 radical (unpaired) electrons. The number of fused-ring (bicyclic) bond motifs is 3. The van der Waals surface area contributed by atoms with Gasteiger partial charge in [0.1, 0.15) is 18.8 Å². The second-order valence-electron chi connectivity index (χ2n) is 20.1. The zero-order chi connectivity index (χ0) is 58.0. The molecule has 23 heteroatoms. The highest BCUT2D eigenvalue weighted by Gasteiger charge is 2.31. The molecule has 1 aliphatic heterocycles. The van der Waals surface area contributed by atoms with Gasteiger partial charge in [0.25, 0.3) is 6.01 Å². The molecule has 6 N–H and O–H groups in total. The Morgan fingerprint density at radius 1 is 0.878 bits per heavy atom. The van der Waals surface area contributed by atoms with Gasteiger partial charge in [0.2, 0.25) is 5.91 Å². The second-order valence-corrected chi connectivity index (χ2v) is 22.5. The molecule has 5 aromatic carbocycles. The standard InChI is InChI=1S/C59H63ClF3N9O9S/c1-38-12-14-45(31-47(38)57(74)75)81-58-68-52-32-48(50(60)33-53(52)69-58)39-13-15-54-40(27-39)16-20-71(54)36-56(73)66-19-22-79-24-26-80-25-23-78-21-18-65-42-28-43(35-70(2)34-42)67-51-10-5-11-55-49(51)30-44(72(55)37-59(61,62)63)8-6-17-64-41-7-4-9-46(29-41)82(3,76)77/h4-5,7,9-16,20,27,29-33,42-43,64-65,67H,17-19,21-26,28,34-37H2,1-3H3,(H,66,73)(H,68,69)(H,74,75). The molecule has 82 heavy (non-hydrogen) atoms. The number of nitrogens with zero attached hydrogens (tertiary/aromatic N) is 4. The van der Waals surface area contributed by atoms with Gasteiger partial charge in [0.05, 0.1) is 83.9 Å². The third-order valence-electron chi connectivity index (χ3n) is 13.7. The molecule has 0 aliphatic carbocycles. The molecule has 432 valence electrons. The minimum absolute atomic E-state index is 0.00757. The molecule has 1 saturated heterocycles. The number of alkyl halides is 3. The van der Waals surface area contributed by atoms with Crippen molar-refractivity contribution in [2.45, 2.75) is 49.6 Å². The van der Waals surface area contributed by atoms with Crippen LogP contribution in [0.5, 0.6) is 11.8 Å². The predicted molar refractivity (Wildman–Crippen MR) is 310 cm³/mol. The number of likely N-dealkylation sites (N-methyl/N-ethyl adjacent to an activating group) is 1. The first kappa shape index (κ1) is 59.0. The van der Waals surface area contributed by atoms with Crippen LogP contribution < -0.4 is 26.0 Å². The number of piperidine rings is 1. The SMILES string of the molecule is Cc1ccc(Oc2nc3cc(-c4ccc5c(ccn5CC(=O)NCCOCCOCCOCCNC5CC(Nc6cccc7c6cc(C#CCNc6cccc(S(C)(=O)=O)c6)n7CC(F)(F)F)CN(C)C5)c4)c(Cl)cc3[nH]2)cc1C(=O)O. The van der Waals surface area contributed by atoms with Crippen molar-refractivity contribution in [1.29, 1.82) is 0 Å². The lowest BCUT2D eigenvalue weighted by molar-refractivity contribution is -0.140. The Bertz CT molecular complexity index is 3760. The predicted octanol–water partition coefficient (Wildman–Crippen LogP) is 8.96. The minimum Gasteiger partial charge on any atom is -0.478 e. The van der Waals surface area contributed by atoms with Crippen LogP contribution >= 0.6 is 11.6 Å². The number of halogens is 4. The third-order valence-corrected chi connectivity index (χ3v) is 15.1. The van der Waals surface area contributed by atoms with E-state index in [-0.39, 0.29) is 53.2 Å². The number of imidazole rings is 1. The Hall–Kier alpha value is -7.62. The molecule has 4 heterocycles. The van der Waals surface area contributed by atoms with Crippen LogP contribution in [-0.2, 0) is 41.9 Å². The number of carboxylic acids is 1. The first-order valence-electron chi connectivity index (χ1n) is 26.5. The Balaban J connectivity index is 0.648. The largest absolute Gasteiger partial charge is 0.478 e. The van der Waals surface area contributed by atoms with Gasteiger partial charge in [-0.2, -0.15) is 18.2 Å². The Labute approximate surface area is 477 Å². The zero-order valence-electron chi connectivity index (χ0n) is 45.4. The summed E-state index contributed by atoms with van der Waals surface area (Å²) in [5.74, 6) is 4.94. The number of carboxylic acid groups (broad SMARTS) is 1. The number of carbonyl (C=O) groups is 2. The number of aromatic nitrogens is 4. The number of sulfone groups is 1. The molecule has 1 fully saturated rings. The normalized spacial score (nSPS) is 15.0. The average Bonchev–Trinajstić information content (AvgIpc) is 4.34. The summed E-state index contributed by atoms with van der Waals surface area (Å²) in [4.78, 5) is 34.5. The minimum atomic E-state index is -4.48. The van der Waals surface area contributed by atoms with Gasteiger partial charge in [-0.25, -0.2) is 13.2 Å². The maximum Gasteiger partial charge on any atom is 0.406 e. The van der Waals surface area contributed by atoms with E-state index in [9.17, 15) is 36.3 Å². The molecule has 18 nitrogen and oxygen atoms in total. The third kappa shape index (κ3) is 15.7. The van der Waals surface area contributed by atoms with E-state index in [4.69, 9.17) is 30.5 Å². The van der Waals surface area contributed by atoms with E-state index >= 15 is 0 Å². The summed E-state index contributed by atoms with van der Waals surface area (Å²) < 4.78 is 91.6. The summed E-state index contributed by atoms with van der Waals surface area (Å²) in [7, 11) is -1.38. The van der Waals surface area contributed by atoms with Crippen LogP contribution in [0.25, 0.3) is 44.0 Å². The van der Waals surface area contributed by atoms with Crippen molar-refractivity contribution >= 4 is 77.5 Å². The maximum absolute atomic E-state index is 13.9. The average molecular weight is 1170 g/mol. The molecule has 1 aliphatic rings. The zero-order valence-corrected chi connectivity index (χ0v) is 46.9. The van der Waals surface area contributed by atoms with E-state index in [1.165, 1.54) is 22.8 Å². The maximum atomic E-state index is 13.9. The first-order valence-corrected chi connectivity index (χ1v) is 28.8. The summed E-state index contributed by atoms with van der Waals surface area (Å²) in [5.41, 5.74) is 6.38. The van der Waals surface area contributed by atoms with Gasteiger partial charge in [-0.15, -0.1) is 0 Å². The number of rotatable bonds is 25. The highest BCUT2D eigenvalue weighted by molar-refractivity contribution is 7.90. The van der Waals surface area contributed by atoms with E-state index < -0.39 is 28.5 Å². The molecule has 2 atom stereocenters. The van der Waals surface area contributed by atoms with Crippen molar-refractivity contribution < 1.29 is 55.2 Å². The van der Waals surface area contributed by atoms with Crippen molar-refractivity contribution in [1.82, 2.24) is 34.6 Å². The fourth-order valence-corrected chi connectivity index (χ4v) is 10.9. The Morgan fingerprint density at radius 3 is 2.40 bits per heavy atom. The number of amides is 1. The van der Waals surface area contributed by atoms with Gasteiger partial charge in [0, 0.05) is 83.9 Å². The fourth-order valence-electron chi connectivity index (χ4n) is 9.91. The molecule has 0 bridgehead atoms. The van der Waals surface area contributed by atoms with Crippen molar-refractivity contribution in [3.05, 3.63) is 131 Å². The van der Waals surface area contributed by atoms with E-state index in [1.807, 2.05) is 54.2 Å². The molecule has 3 aromatic heterocycles. The van der Waals surface area contributed by atoms with Gasteiger partial charge < -0.3 is 64.3 Å². The van der Waals surface area contributed by atoms with E-state index in [0.717, 1.165) is 47.8 Å². The summed E-state index contributed by atoms with van der Waals surface area (Å²) in [6, 6.07) is 29.8. The second kappa shape index (κ2) is 26.5. The highest BCUT2D eigenvalue weighted by atomic mass is 35.5. The number of hydrogen-bond donors (Lipinski definition) is 6. The van der Waals surface area contributed by atoms with Crippen molar-refractivity contribution in [2.75, 3.05) is 96.3 Å². The molecule has 0 spiro atoms. The van der Waals surface area contributed by atoms with Crippen LogP contribution in [0.2, 0.25) is 5.02 Å². The Morgan fingerprint density at radius 2 is 1.63 bits per heavy atom. The molecule has 8 aromatic rings. The summed E-state index contributed by atoms with van der Waals surface area (Å²) >= 11 is 6.75. The van der Waals surface area contributed by atoms with Crippen LogP contribution in [0.15, 0.2) is 114 Å². The lowest BCUT2D eigenvalue weighted by atomic mass is 10.0. The summed E-state index contributed by atoms with van der Waals surface area (Å²) in [6.45, 7) is 5.55. The summed E-state index contributed by atoms with van der Waals surface area (Å²) in [5, 5.41) is 24.7. The lowest BCUT2D eigenvalue weighted by Crippen LogP contribution is -2.52. The number of likely N-dealkylation sites (tertiary alicyclic amines) is 1. The smallest absolute Gasteiger partial charge is 0.406 e. The molecule has 9 rings (SSSR count). The van der Waals surface area contributed by atoms with Crippen LogP contribution in [0.1, 0.15) is 28.0 Å². The molecule has 1 amide bonds.